The first-order valence-electron chi connectivity index (χ1n) is 7.77. The van der Waals surface area contributed by atoms with E-state index in [9.17, 15) is 9.90 Å². The van der Waals surface area contributed by atoms with Gasteiger partial charge in [0.2, 0.25) is 0 Å². The highest BCUT2D eigenvalue weighted by molar-refractivity contribution is 5.73. The van der Waals surface area contributed by atoms with Gasteiger partial charge < -0.3 is 9.84 Å². The number of ether oxygens (including phenoxy) is 1. The molecule has 0 saturated carbocycles. The second-order valence-corrected chi connectivity index (χ2v) is 5.40. The van der Waals surface area contributed by atoms with Crippen LogP contribution >= 0.6 is 0 Å². The number of hydrogen-bond acceptors (Lipinski definition) is 3. The van der Waals surface area contributed by atoms with Crippen LogP contribution in [-0.4, -0.2) is 17.7 Å². The van der Waals surface area contributed by atoms with Gasteiger partial charge in [0.15, 0.2) is 0 Å². The lowest BCUT2D eigenvalue weighted by Gasteiger charge is -2.14. The van der Waals surface area contributed by atoms with Crippen molar-refractivity contribution in [2.45, 2.75) is 26.4 Å². The normalized spacial score (nSPS) is 12.3. The molecule has 2 aromatic carbocycles. The third-order valence-electron chi connectivity index (χ3n) is 3.52. The second-order valence-electron chi connectivity index (χ2n) is 5.40. The van der Waals surface area contributed by atoms with Crippen LogP contribution in [0.5, 0.6) is 0 Å². The molecule has 0 radical (unpaired) electrons. The highest BCUT2D eigenvalue weighted by atomic mass is 16.5. The summed E-state index contributed by atoms with van der Waals surface area (Å²) in [5.74, 6) is -0.390. The molecular formula is C20H22O3. The van der Waals surface area contributed by atoms with Gasteiger partial charge in [-0.1, -0.05) is 66.2 Å². The highest BCUT2D eigenvalue weighted by Gasteiger charge is 2.16. The first-order chi connectivity index (χ1) is 11.1. The lowest BCUT2D eigenvalue weighted by molar-refractivity contribution is -0.145. The molecule has 0 amide bonds. The predicted molar refractivity (Wildman–Crippen MR) is 92.8 cm³/mol. The summed E-state index contributed by atoms with van der Waals surface area (Å²) in [4.78, 5) is 11.6. The number of benzene rings is 2. The maximum absolute atomic E-state index is 11.6. The van der Waals surface area contributed by atoms with Crippen molar-refractivity contribution >= 4 is 18.1 Å². The van der Waals surface area contributed by atoms with Crippen LogP contribution < -0.4 is 0 Å². The molecule has 1 unspecified atom stereocenters. The largest absolute Gasteiger partial charge is 0.466 e. The molecule has 0 saturated heterocycles. The van der Waals surface area contributed by atoms with Gasteiger partial charge in [-0.05, 0) is 30.5 Å². The van der Waals surface area contributed by atoms with Crippen LogP contribution in [0.25, 0.3) is 12.2 Å². The van der Waals surface area contributed by atoms with Crippen molar-refractivity contribution in [2.24, 2.45) is 0 Å². The molecule has 3 nitrogen and oxygen atoms in total. The van der Waals surface area contributed by atoms with Gasteiger partial charge in [0, 0.05) is 0 Å². The van der Waals surface area contributed by atoms with Crippen LogP contribution in [0.4, 0.5) is 0 Å². The Bertz CT molecular complexity index is 675. The van der Waals surface area contributed by atoms with Gasteiger partial charge >= 0.3 is 5.97 Å². The number of hydrogen-bond donors (Lipinski definition) is 1. The van der Waals surface area contributed by atoms with Crippen LogP contribution in [0.3, 0.4) is 0 Å². The number of rotatable bonds is 6. The number of carbonyl (C=O) groups is 1. The first kappa shape index (κ1) is 17.0. The number of aliphatic hydroxyl groups is 1. The van der Waals surface area contributed by atoms with Gasteiger partial charge in [-0.2, -0.15) is 0 Å². The van der Waals surface area contributed by atoms with E-state index in [1.54, 1.807) is 6.92 Å². The Hall–Kier alpha value is -2.39. The van der Waals surface area contributed by atoms with Gasteiger partial charge in [0.1, 0.15) is 0 Å². The zero-order valence-corrected chi connectivity index (χ0v) is 13.5. The Balaban J connectivity index is 2.23. The summed E-state index contributed by atoms with van der Waals surface area (Å²) in [6.07, 6.45) is 3.05. The molecule has 3 heteroatoms. The fraction of sp³-hybridized carbons (Fsp3) is 0.250. The molecule has 23 heavy (non-hydrogen) atoms. The van der Waals surface area contributed by atoms with E-state index in [1.807, 2.05) is 67.6 Å². The van der Waals surface area contributed by atoms with Crippen molar-refractivity contribution in [1.82, 2.24) is 0 Å². The predicted octanol–water partition coefficient (Wildman–Crippen LogP) is 4.15. The van der Waals surface area contributed by atoms with Crippen LogP contribution in [0.1, 0.15) is 41.7 Å². The van der Waals surface area contributed by atoms with E-state index in [0.29, 0.717) is 6.61 Å². The summed E-state index contributed by atoms with van der Waals surface area (Å²) in [7, 11) is 0. The second kappa shape index (κ2) is 8.30. The van der Waals surface area contributed by atoms with E-state index >= 15 is 0 Å². The van der Waals surface area contributed by atoms with E-state index in [4.69, 9.17) is 4.74 Å². The quantitative estimate of drug-likeness (QED) is 0.644. The van der Waals surface area contributed by atoms with Crippen LogP contribution in [0, 0.1) is 6.92 Å². The molecule has 2 aromatic rings. The zero-order valence-electron chi connectivity index (χ0n) is 13.5. The minimum Gasteiger partial charge on any atom is -0.466 e. The number of carbonyl (C=O) groups excluding carboxylic acids is 1. The molecule has 0 heterocycles. The van der Waals surface area contributed by atoms with Gasteiger partial charge in [0.05, 0.1) is 19.1 Å². The average molecular weight is 310 g/mol. The summed E-state index contributed by atoms with van der Waals surface area (Å²) >= 11 is 0. The Morgan fingerprint density at radius 2 is 1.91 bits per heavy atom. The van der Waals surface area contributed by atoms with Crippen molar-refractivity contribution in [3.63, 3.8) is 0 Å². The molecule has 0 aliphatic rings. The van der Waals surface area contributed by atoms with E-state index in [0.717, 1.165) is 22.3 Å². The summed E-state index contributed by atoms with van der Waals surface area (Å²) in [6, 6.07) is 15.8. The van der Waals surface area contributed by atoms with Crippen LogP contribution in [0.15, 0.2) is 48.5 Å². The molecule has 0 bridgehead atoms. The fourth-order valence-corrected chi connectivity index (χ4v) is 2.38. The van der Waals surface area contributed by atoms with E-state index in [2.05, 4.69) is 0 Å². The number of aryl methyl sites for hydroxylation is 1. The number of esters is 1. The molecule has 0 fully saturated rings. The molecule has 0 aromatic heterocycles. The van der Waals surface area contributed by atoms with Crippen molar-refractivity contribution in [2.75, 3.05) is 6.61 Å². The third kappa shape index (κ3) is 5.08. The lowest BCUT2D eigenvalue weighted by atomic mass is 9.97. The fourth-order valence-electron chi connectivity index (χ4n) is 2.38. The molecule has 0 spiro atoms. The highest BCUT2D eigenvalue weighted by Crippen LogP contribution is 2.24. The van der Waals surface area contributed by atoms with Gasteiger partial charge in [0.25, 0.3) is 0 Å². The third-order valence-corrected chi connectivity index (χ3v) is 3.52. The van der Waals surface area contributed by atoms with Crippen molar-refractivity contribution in [3.05, 3.63) is 70.8 Å². The maximum atomic E-state index is 11.6. The Morgan fingerprint density at radius 3 is 2.61 bits per heavy atom. The summed E-state index contributed by atoms with van der Waals surface area (Å²) < 4.78 is 4.91. The molecule has 2 rings (SSSR count). The molecule has 1 N–H and O–H groups in total. The molecule has 1 atom stereocenters. The van der Waals surface area contributed by atoms with E-state index < -0.39 is 12.1 Å². The van der Waals surface area contributed by atoms with E-state index in [-0.39, 0.29) is 6.42 Å². The summed E-state index contributed by atoms with van der Waals surface area (Å²) in [5, 5.41) is 10.4. The topological polar surface area (TPSA) is 46.5 Å². The summed E-state index contributed by atoms with van der Waals surface area (Å²) in [5.41, 5.74) is 3.83. The standard InChI is InChI=1S/C20H22O3/c1-3-23-20(22)14-19(21)18-12-9-15(2)13-17(18)11-10-16-7-5-4-6-8-16/h4-13,19,21H,3,14H2,1-2H3. The van der Waals surface area contributed by atoms with Crippen molar-refractivity contribution in [3.8, 4) is 0 Å². The SMILES string of the molecule is CCOC(=O)CC(O)c1ccc(C)cc1C=Cc1ccccc1. The first-order valence-corrected chi connectivity index (χ1v) is 7.77. The monoisotopic (exact) mass is 310 g/mol. The van der Waals surface area contributed by atoms with Crippen LogP contribution in [0.2, 0.25) is 0 Å². The smallest absolute Gasteiger partial charge is 0.308 e. The lowest BCUT2D eigenvalue weighted by Crippen LogP contribution is -2.11. The van der Waals surface area contributed by atoms with Gasteiger partial charge in [-0.3, -0.25) is 4.79 Å². The number of aliphatic hydroxyl groups excluding tert-OH is 1. The maximum Gasteiger partial charge on any atom is 0.308 e. The van der Waals surface area contributed by atoms with Gasteiger partial charge in [-0.15, -0.1) is 0 Å². The molecule has 0 aliphatic heterocycles. The van der Waals surface area contributed by atoms with E-state index in [1.165, 1.54) is 0 Å². The Kier molecular flexibility index (Phi) is 6.12. The van der Waals surface area contributed by atoms with Crippen LogP contribution in [-0.2, 0) is 9.53 Å². The molecule has 0 aliphatic carbocycles. The zero-order chi connectivity index (χ0) is 16.7. The minimum atomic E-state index is -0.870. The molecule has 120 valence electrons. The Morgan fingerprint density at radius 1 is 1.17 bits per heavy atom. The van der Waals surface area contributed by atoms with Gasteiger partial charge in [-0.25, -0.2) is 0 Å². The minimum absolute atomic E-state index is 0.0386. The molecular weight excluding hydrogens is 288 g/mol. The summed E-state index contributed by atoms with van der Waals surface area (Å²) in [6.45, 7) is 4.08. The van der Waals surface area contributed by atoms with Crippen molar-refractivity contribution in [1.29, 1.82) is 0 Å². The Labute approximate surface area is 137 Å². The average Bonchev–Trinajstić information content (AvgIpc) is 2.54. The van der Waals surface area contributed by atoms with Crippen molar-refractivity contribution < 1.29 is 14.6 Å².